The molecule has 2 fully saturated rings. The van der Waals surface area contributed by atoms with E-state index < -0.39 is 30.4 Å². The highest BCUT2D eigenvalue weighted by Crippen LogP contribution is 2.33. The van der Waals surface area contributed by atoms with Crippen LogP contribution >= 0.6 is 0 Å². The van der Waals surface area contributed by atoms with E-state index in [-0.39, 0.29) is 41.5 Å². The van der Waals surface area contributed by atoms with Gasteiger partial charge in [0.2, 0.25) is 0 Å². The first-order chi connectivity index (χ1) is 34.9. The SMILES string of the molecule is C.Nc1ccc(OC2CCCN(Cc3ccccc3)C2)cc1CS(=O)(=O)c1cccc2ccccc12.O=[N+]([O-])c1ccc(OC2CCCN(Cc3ccccc3)C2)cc1CS(=O)(=O)c1cccc2ccccc12. The van der Waals surface area contributed by atoms with E-state index in [4.69, 9.17) is 15.2 Å². The van der Waals surface area contributed by atoms with E-state index in [0.29, 0.717) is 33.0 Å². The highest BCUT2D eigenvalue weighted by Gasteiger charge is 2.27. The van der Waals surface area contributed by atoms with E-state index >= 15 is 0 Å². The lowest BCUT2D eigenvalue weighted by Crippen LogP contribution is -2.40. The molecule has 0 spiro atoms. The van der Waals surface area contributed by atoms with Crippen molar-refractivity contribution in [2.75, 3.05) is 31.9 Å². The van der Waals surface area contributed by atoms with Crippen molar-refractivity contribution in [1.29, 1.82) is 0 Å². The summed E-state index contributed by atoms with van der Waals surface area (Å²) in [4.78, 5) is 16.4. The lowest BCUT2D eigenvalue weighted by atomic mass is 10.1. The van der Waals surface area contributed by atoms with Crippen molar-refractivity contribution in [2.24, 2.45) is 0 Å². The van der Waals surface area contributed by atoms with E-state index in [1.54, 1.807) is 54.6 Å². The fraction of sp³-hybridized carbons (Fsp3) is 0.254. The largest absolute Gasteiger partial charge is 0.489 e. The zero-order chi connectivity index (χ0) is 50.1. The Morgan fingerprint density at radius 3 is 1.45 bits per heavy atom. The number of hydrogen-bond acceptors (Lipinski definition) is 11. The van der Waals surface area contributed by atoms with E-state index in [9.17, 15) is 26.9 Å². The number of ether oxygens (including phenoxy) is 2. The quantitative estimate of drug-likeness (QED) is 0.0591. The molecule has 2 saturated heterocycles. The summed E-state index contributed by atoms with van der Waals surface area (Å²) in [6.45, 7) is 5.32. The number of rotatable bonds is 15. The third kappa shape index (κ3) is 13.3. The lowest BCUT2D eigenvalue weighted by molar-refractivity contribution is -0.385. The van der Waals surface area contributed by atoms with Gasteiger partial charge < -0.3 is 15.2 Å². The Bertz CT molecular complexity index is 3390. The third-order valence-electron chi connectivity index (χ3n) is 13.3. The predicted molar refractivity (Wildman–Crippen MR) is 291 cm³/mol. The van der Waals surface area contributed by atoms with Gasteiger partial charge in [-0.1, -0.05) is 141 Å². The molecule has 2 unspecified atom stereocenters. The summed E-state index contributed by atoms with van der Waals surface area (Å²) in [6.07, 6.45) is 3.85. The van der Waals surface area contributed by atoms with Gasteiger partial charge in [0, 0.05) is 54.3 Å². The number of nitrogens with zero attached hydrogens (tertiary/aromatic N) is 3. The summed E-state index contributed by atoms with van der Waals surface area (Å²) in [7, 11) is -7.46. The van der Waals surface area contributed by atoms with Crippen LogP contribution in [-0.2, 0) is 44.3 Å². The van der Waals surface area contributed by atoms with Crippen LogP contribution in [0.1, 0.15) is 55.4 Å². The molecule has 73 heavy (non-hydrogen) atoms. The zero-order valence-corrected chi connectivity index (χ0v) is 41.6. The van der Waals surface area contributed by atoms with Crippen LogP contribution in [0.25, 0.3) is 21.5 Å². The second kappa shape index (κ2) is 23.6. The zero-order valence-electron chi connectivity index (χ0n) is 40.0. The van der Waals surface area contributed by atoms with Gasteiger partial charge in [-0.05, 0) is 109 Å². The van der Waals surface area contributed by atoms with Crippen LogP contribution in [0.15, 0.2) is 192 Å². The molecule has 0 saturated carbocycles. The van der Waals surface area contributed by atoms with Crippen molar-refractivity contribution in [3.05, 3.63) is 214 Å². The van der Waals surface area contributed by atoms with Gasteiger partial charge in [0.25, 0.3) is 5.69 Å². The van der Waals surface area contributed by atoms with Crippen LogP contribution in [-0.4, -0.2) is 69.9 Å². The Balaban J connectivity index is 0.000000192. The molecular weight excluding hydrogens is 957 g/mol. The maximum atomic E-state index is 13.4. The van der Waals surface area contributed by atoms with Crippen molar-refractivity contribution in [2.45, 2.75) is 79.7 Å². The average Bonchev–Trinajstić information content (AvgIpc) is 3.38. The Kier molecular flexibility index (Phi) is 16.9. The molecule has 0 radical (unpaired) electrons. The van der Waals surface area contributed by atoms with Crippen molar-refractivity contribution in [1.82, 2.24) is 9.80 Å². The maximum absolute atomic E-state index is 13.4. The van der Waals surface area contributed by atoms with Gasteiger partial charge in [-0.15, -0.1) is 0 Å². The second-order valence-electron chi connectivity index (χ2n) is 18.6. The second-order valence-corrected chi connectivity index (χ2v) is 22.5. The van der Waals surface area contributed by atoms with Gasteiger partial charge in [0.15, 0.2) is 19.7 Å². The Morgan fingerprint density at radius 1 is 0.534 bits per heavy atom. The minimum absolute atomic E-state index is 0. The van der Waals surface area contributed by atoms with Crippen molar-refractivity contribution >= 4 is 52.6 Å². The standard InChI is InChI=1S/C29H28N2O5S.C29H30N2O3S.CH4/c32-31(33)28-16-15-25(36-26-12-7-17-30(20-26)19-22-8-2-1-3-9-22)18-24(28)21-37(34,35)29-14-6-11-23-10-4-5-13-27(23)29;30-28-16-15-25(34-26-12-7-17-31(20-26)19-22-8-2-1-3-9-22)18-24(28)21-35(32,33)29-14-6-11-23-10-4-5-13-27(23)29;/h1-6,8-11,13-16,18,26H,7,12,17,19-21H2;1-6,8-11,13-16,18,26H,7,12,17,19-21,30H2;1H4. The Hall–Kier alpha value is -7.10. The molecule has 378 valence electrons. The molecule has 0 amide bonds. The van der Waals surface area contributed by atoms with Crippen LogP contribution in [0.2, 0.25) is 0 Å². The first kappa shape index (κ1) is 52.2. The number of hydrogen-bond donors (Lipinski definition) is 1. The molecule has 8 aromatic carbocycles. The van der Waals surface area contributed by atoms with Crippen LogP contribution in [0.5, 0.6) is 11.5 Å². The number of benzene rings is 8. The number of anilines is 1. The van der Waals surface area contributed by atoms with Crippen molar-refractivity contribution in [3.63, 3.8) is 0 Å². The molecule has 2 aliphatic heterocycles. The fourth-order valence-electron chi connectivity index (χ4n) is 9.78. The van der Waals surface area contributed by atoms with Gasteiger partial charge in [-0.25, -0.2) is 16.8 Å². The molecule has 0 aromatic heterocycles. The molecule has 8 aromatic rings. The first-order valence-corrected chi connectivity index (χ1v) is 27.6. The smallest absolute Gasteiger partial charge is 0.273 e. The Labute approximate surface area is 429 Å². The normalized spacial score (nSPS) is 16.4. The lowest BCUT2D eigenvalue weighted by Gasteiger charge is -2.33. The molecule has 2 atom stereocenters. The van der Waals surface area contributed by atoms with Gasteiger partial charge in [-0.2, -0.15) is 0 Å². The van der Waals surface area contributed by atoms with Gasteiger partial charge in [-0.3, -0.25) is 19.9 Å². The molecule has 14 heteroatoms. The van der Waals surface area contributed by atoms with Crippen LogP contribution in [0.3, 0.4) is 0 Å². The fourth-order valence-corrected chi connectivity index (χ4v) is 13.0. The predicted octanol–water partition coefficient (Wildman–Crippen LogP) is 11.8. The average molecular weight is 1020 g/mol. The van der Waals surface area contributed by atoms with E-state index in [0.717, 1.165) is 81.1 Å². The summed E-state index contributed by atoms with van der Waals surface area (Å²) in [5.41, 5.74) is 9.63. The Morgan fingerprint density at radius 2 is 0.959 bits per heavy atom. The monoisotopic (exact) mass is 1020 g/mol. The minimum Gasteiger partial charge on any atom is -0.489 e. The first-order valence-electron chi connectivity index (χ1n) is 24.3. The molecule has 10 rings (SSSR count). The summed E-state index contributed by atoms with van der Waals surface area (Å²) in [5.74, 6) is 0.447. The summed E-state index contributed by atoms with van der Waals surface area (Å²) in [5, 5.41) is 14.8. The molecule has 12 nitrogen and oxygen atoms in total. The number of nitrogens with two attached hydrogens (primary N) is 1. The summed E-state index contributed by atoms with van der Waals surface area (Å²) in [6, 6.07) is 55.7. The van der Waals surface area contributed by atoms with Crippen LogP contribution in [0, 0.1) is 10.1 Å². The number of piperidine rings is 2. The molecule has 0 bridgehead atoms. The topological polar surface area (TPSA) is 162 Å². The highest BCUT2D eigenvalue weighted by molar-refractivity contribution is 7.91. The number of likely N-dealkylation sites (tertiary alicyclic amines) is 2. The highest BCUT2D eigenvalue weighted by atomic mass is 32.2. The maximum Gasteiger partial charge on any atom is 0.273 e. The van der Waals surface area contributed by atoms with Crippen molar-refractivity contribution < 1.29 is 31.2 Å². The molecule has 2 N–H and O–H groups in total. The van der Waals surface area contributed by atoms with Crippen LogP contribution in [0.4, 0.5) is 11.4 Å². The van der Waals surface area contributed by atoms with Gasteiger partial charge in [0.1, 0.15) is 23.7 Å². The molecular formula is C59H62N4O8S2. The van der Waals surface area contributed by atoms with E-state index in [1.165, 1.54) is 23.3 Å². The minimum atomic E-state index is -3.86. The van der Waals surface area contributed by atoms with Gasteiger partial charge >= 0.3 is 0 Å². The van der Waals surface area contributed by atoms with E-state index in [2.05, 4.69) is 46.2 Å². The summed E-state index contributed by atoms with van der Waals surface area (Å²) >= 11 is 0. The van der Waals surface area contributed by atoms with Crippen LogP contribution < -0.4 is 15.2 Å². The number of nitro benzene ring substituents is 1. The summed E-state index contributed by atoms with van der Waals surface area (Å²) < 4.78 is 66.2. The molecule has 2 aliphatic rings. The third-order valence-corrected chi connectivity index (χ3v) is 16.7. The van der Waals surface area contributed by atoms with Gasteiger partial charge in [0.05, 0.1) is 26.2 Å². The number of sulfone groups is 2. The number of nitrogen functional groups attached to an aromatic ring is 1. The van der Waals surface area contributed by atoms with E-state index in [1.807, 2.05) is 78.9 Å². The van der Waals surface area contributed by atoms with Crippen molar-refractivity contribution in [3.8, 4) is 11.5 Å². The number of nitro groups is 1. The number of fused-ring (bicyclic) bond motifs is 2. The molecule has 0 aliphatic carbocycles. The molecule has 2 heterocycles.